The van der Waals surface area contributed by atoms with Crippen molar-refractivity contribution in [2.75, 3.05) is 6.61 Å². The van der Waals surface area contributed by atoms with E-state index in [1.807, 2.05) is 30.3 Å². The number of aliphatic hydroxyl groups is 1. The Labute approximate surface area is 125 Å². The first-order chi connectivity index (χ1) is 10.3. The van der Waals surface area contributed by atoms with Crippen LogP contribution in [-0.4, -0.2) is 43.5 Å². The van der Waals surface area contributed by atoms with Gasteiger partial charge in [0.05, 0.1) is 18.8 Å². The first-order valence-electron chi connectivity index (χ1n) is 7.60. The molecule has 21 heavy (non-hydrogen) atoms. The molecule has 2 atom stereocenters. The second kappa shape index (κ2) is 6.37. The van der Waals surface area contributed by atoms with E-state index in [0.717, 1.165) is 17.9 Å². The van der Waals surface area contributed by atoms with Gasteiger partial charge >= 0.3 is 0 Å². The van der Waals surface area contributed by atoms with Crippen LogP contribution in [-0.2, 0) is 6.54 Å². The maximum Gasteiger partial charge on any atom is 0.165 e. The van der Waals surface area contributed by atoms with Crippen molar-refractivity contribution in [2.24, 2.45) is 0 Å². The SMILES string of the molecule is C[C@@H]1CCC[C@@H](CO)N1Cc1ncn(-c2ccccc2)n1. The second-order valence-corrected chi connectivity index (χ2v) is 5.73. The van der Waals surface area contributed by atoms with E-state index in [2.05, 4.69) is 21.9 Å². The van der Waals surface area contributed by atoms with Gasteiger partial charge in [-0.05, 0) is 31.9 Å². The minimum Gasteiger partial charge on any atom is -0.395 e. The summed E-state index contributed by atoms with van der Waals surface area (Å²) in [5.41, 5.74) is 1.02. The predicted octanol–water partition coefficient (Wildman–Crippen LogP) is 2.00. The smallest absolute Gasteiger partial charge is 0.165 e. The fourth-order valence-electron chi connectivity index (χ4n) is 3.06. The minimum atomic E-state index is 0.212. The van der Waals surface area contributed by atoms with Gasteiger partial charge in [0.1, 0.15) is 6.33 Å². The van der Waals surface area contributed by atoms with Crippen LogP contribution in [0.4, 0.5) is 0 Å². The summed E-state index contributed by atoms with van der Waals surface area (Å²) in [5.74, 6) is 0.811. The highest BCUT2D eigenvalue weighted by molar-refractivity contribution is 5.29. The van der Waals surface area contributed by atoms with Crippen LogP contribution in [0.2, 0.25) is 0 Å². The van der Waals surface area contributed by atoms with E-state index in [1.54, 1.807) is 11.0 Å². The summed E-state index contributed by atoms with van der Waals surface area (Å²) in [5, 5.41) is 14.1. The van der Waals surface area contributed by atoms with Gasteiger partial charge in [-0.15, -0.1) is 5.10 Å². The zero-order valence-electron chi connectivity index (χ0n) is 12.4. The van der Waals surface area contributed by atoms with Crippen molar-refractivity contribution >= 4 is 0 Å². The Balaban J connectivity index is 1.74. The Morgan fingerprint density at radius 2 is 2.05 bits per heavy atom. The largest absolute Gasteiger partial charge is 0.395 e. The summed E-state index contributed by atoms with van der Waals surface area (Å²) in [6.45, 7) is 3.13. The van der Waals surface area contributed by atoms with Crippen LogP contribution < -0.4 is 0 Å². The molecule has 1 fully saturated rings. The van der Waals surface area contributed by atoms with Crippen LogP contribution >= 0.6 is 0 Å². The van der Waals surface area contributed by atoms with Crippen LogP contribution in [0.25, 0.3) is 5.69 Å². The molecule has 2 aromatic rings. The van der Waals surface area contributed by atoms with Gasteiger partial charge in [0, 0.05) is 12.1 Å². The average Bonchev–Trinajstić information content (AvgIpc) is 2.99. The lowest BCUT2D eigenvalue weighted by Gasteiger charge is -2.39. The summed E-state index contributed by atoms with van der Waals surface area (Å²) in [6.07, 6.45) is 5.18. The maximum absolute atomic E-state index is 9.55. The van der Waals surface area contributed by atoms with Gasteiger partial charge in [-0.25, -0.2) is 9.67 Å². The molecule has 0 saturated carbocycles. The van der Waals surface area contributed by atoms with Crippen molar-refractivity contribution in [3.63, 3.8) is 0 Å². The fourth-order valence-corrected chi connectivity index (χ4v) is 3.06. The van der Waals surface area contributed by atoms with Gasteiger partial charge in [-0.1, -0.05) is 24.6 Å². The number of likely N-dealkylation sites (tertiary alicyclic amines) is 1. The highest BCUT2D eigenvalue weighted by Crippen LogP contribution is 2.24. The van der Waals surface area contributed by atoms with Crippen LogP contribution in [0.15, 0.2) is 36.7 Å². The number of rotatable bonds is 4. The molecule has 0 bridgehead atoms. The Morgan fingerprint density at radius 3 is 2.81 bits per heavy atom. The lowest BCUT2D eigenvalue weighted by molar-refractivity contribution is 0.0431. The van der Waals surface area contributed by atoms with Crippen molar-refractivity contribution < 1.29 is 5.11 Å². The fraction of sp³-hybridized carbons (Fsp3) is 0.500. The number of piperidine rings is 1. The number of benzene rings is 1. The third-order valence-electron chi connectivity index (χ3n) is 4.29. The minimum absolute atomic E-state index is 0.212. The predicted molar refractivity (Wildman–Crippen MR) is 81.1 cm³/mol. The van der Waals surface area contributed by atoms with E-state index in [0.29, 0.717) is 12.6 Å². The number of hydrogen-bond acceptors (Lipinski definition) is 4. The molecular weight excluding hydrogens is 264 g/mol. The van der Waals surface area contributed by atoms with Gasteiger partial charge in [-0.3, -0.25) is 4.90 Å². The summed E-state index contributed by atoms with van der Waals surface area (Å²) in [6, 6.07) is 10.7. The first kappa shape index (κ1) is 14.2. The molecule has 1 aliphatic heterocycles. The van der Waals surface area contributed by atoms with Crippen LogP contribution in [0.3, 0.4) is 0 Å². The van der Waals surface area contributed by atoms with Gasteiger partial charge in [-0.2, -0.15) is 0 Å². The van der Waals surface area contributed by atoms with Crippen LogP contribution in [0.1, 0.15) is 32.0 Å². The molecule has 0 unspecified atom stereocenters. The van der Waals surface area contributed by atoms with Crippen LogP contribution in [0.5, 0.6) is 0 Å². The quantitative estimate of drug-likeness (QED) is 0.934. The van der Waals surface area contributed by atoms with E-state index in [4.69, 9.17) is 0 Å². The van der Waals surface area contributed by atoms with Crippen molar-refractivity contribution in [3.05, 3.63) is 42.5 Å². The summed E-state index contributed by atoms with van der Waals surface area (Å²) >= 11 is 0. The van der Waals surface area contributed by atoms with E-state index >= 15 is 0 Å². The molecule has 0 radical (unpaired) electrons. The zero-order valence-corrected chi connectivity index (χ0v) is 12.4. The molecule has 5 nitrogen and oxygen atoms in total. The van der Waals surface area contributed by atoms with Crippen molar-refractivity contribution in [1.29, 1.82) is 0 Å². The standard InChI is InChI=1S/C16H22N4O/c1-13-6-5-9-15(11-21)19(13)10-16-17-12-20(18-16)14-7-3-2-4-8-14/h2-4,7-8,12-13,15,21H,5-6,9-11H2,1H3/t13-,15+/m1/s1. The Morgan fingerprint density at radius 1 is 1.24 bits per heavy atom. The number of para-hydroxylation sites is 1. The molecule has 1 saturated heterocycles. The van der Waals surface area contributed by atoms with Crippen LogP contribution in [0, 0.1) is 0 Å². The van der Waals surface area contributed by atoms with Crippen molar-refractivity contribution in [1.82, 2.24) is 19.7 Å². The molecule has 3 rings (SSSR count). The highest BCUT2D eigenvalue weighted by atomic mass is 16.3. The summed E-state index contributed by atoms with van der Waals surface area (Å²) in [7, 11) is 0. The lowest BCUT2D eigenvalue weighted by Crippen LogP contribution is -2.46. The van der Waals surface area contributed by atoms with E-state index < -0.39 is 0 Å². The third-order valence-corrected chi connectivity index (χ3v) is 4.29. The van der Waals surface area contributed by atoms with Gasteiger partial charge in [0.2, 0.25) is 0 Å². The zero-order chi connectivity index (χ0) is 14.7. The number of aromatic nitrogens is 3. The second-order valence-electron chi connectivity index (χ2n) is 5.73. The summed E-state index contributed by atoms with van der Waals surface area (Å²) < 4.78 is 1.80. The van der Waals surface area contributed by atoms with E-state index in [-0.39, 0.29) is 12.6 Å². The average molecular weight is 286 g/mol. The maximum atomic E-state index is 9.55. The summed E-state index contributed by atoms with van der Waals surface area (Å²) in [4.78, 5) is 6.75. The number of aliphatic hydroxyl groups excluding tert-OH is 1. The highest BCUT2D eigenvalue weighted by Gasteiger charge is 2.28. The van der Waals surface area contributed by atoms with E-state index in [9.17, 15) is 5.11 Å². The number of nitrogens with zero attached hydrogens (tertiary/aromatic N) is 4. The molecule has 1 aromatic heterocycles. The molecule has 1 aliphatic rings. The van der Waals surface area contributed by atoms with E-state index in [1.165, 1.54) is 12.8 Å². The topological polar surface area (TPSA) is 54.2 Å². The molecule has 2 heterocycles. The number of hydrogen-bond donors (Lipinski definition) is 1. The Bertz CT molecular complexity index is 569. The Hall–Kier alpha value is -1.72. The molecule has 1 aromatic carbocycles. The van der Waals surface area contributed by atoms with Gasteiger partial charge in [0.15, 0.2) is 5.82 Å². The molecule has 0 aliphatic carbocycles. The monoisotopic (exact) mass is 286 g/mol. The third kappa shape index (κ3) is 3.14. The molecule has 0 amide bonds. The van der Waals surface area contributed by atoms with Gasteiger partial charge in [0.25, 0.3) is 0 Å². The molecule has 0 spiro atoms. The molecule has 112 valence electrons. The molecule has 1 N–H and O–H groups in total. The van der Waals surface area contributed by atoms with Gasteiger partial charge < -0.3 is 5.11 Å². The van der Waals surface area contributed by atoms with Crippen molar-refractivity contribution in [3.8, 4) is 5.69 Å². The lowest BCUT2D eigenvalue weighted by atomic mass is 9.97. The van der Waals surface area contributed by atoms with Crippen molar-refractivity contribution in [2.45, 2.75) is 44.8 Å². The Kier molecular flexibility index (Phi) is 4.31. The normalized spacial score (nSPS) is 23.3. The first-order valence-corrected chi connectivity index (χ1v) is 7.60. The molecule has 5 heteroatoms. The molecular formula is C16H22N4O.